The van der Waals surface area contributed by atoms with Crippen LogP contribution in [0.15, 0.2) is 54.9 Å². The molecule has 1 saturated heterocycles. The van der Waals surface area contributed by atoms with Gasteiger partial charge in [-0.25, -0.2) is 4.98 Å². The molecule has 5 heteroatoms. The third-order valence-corrected chi connectivity index (χ3v) is 5.12. The lowest BCUT2D eigenvalue weighted by Crippen LogP contribution is -2.39. The summed E-state index contributed by atoms with van der Waals surface area (Å²) < 4.78 is 2.22. The highest BCUT2D eigenvalue weighted by Gasteiger charge is 2.24. The number of benzene rings is 2. The maximum atomic E-state index is 12.7. The molecular formula is C21H20N4O. The molecule has 26 heavy (non-hydrogen) atoms. The fourth-order valence-corrected chi connectivity index (χ4v) is 3.66. The average Bonchev–Trinajstić information content (AvgIpc) is 3.11. The molecule has 1 aliphatic rings. The Hall–Kier alpha value is -3.13. The number of carbonyl (C=O) groups is 1. The highest BCUT2D eigenvalue weighted by Crippen LogP contribution is 2.23. The second-order valence-corrected chi connectivity index (χ2v) is 6.81. The van der Waals surface area contributed by atoms with Crippen molar-refractivity contribution in [3.05, 3.63) is 66.0 Å². The Labute approximate surface area is 152 Å². The van der Waals surface area contributed by atoms with Crippen LogP contribution in [0, 0.1) is 17.2 Å². The van der Waals surface area contributed by atoms with E-state index in [1.54, 1.807) is 24.3 Å². The molecule has 0 saturated carbocycles. The predicted molar refractivity (Wildman–Crippen MR) is 99.5 cm³/mol. The van der Waals surface area contributed by atoms with Gasteiger partial charge in [0.25, 0.3) is 5.91 Å². The van der Waals surface area contributed by atoms with Crippen LogP contribution in [-0.2, 0) is 6.54 Å². The Morgan fingerprint density at radius 3 is 2.77 bits per heavy atom. The molecule has 2 aromatic carbocycles. The molecule has 0 spiro atoms. The van der Waals surface area contributed by atoms with E-state index in [1.807, 2.05) is 29.4 Å². The van der Waals surface area contributed by atoms with Crippen molar-refractivity contribution < 1.29 is 4.79 Å². The SMILES string of the molecule is N#Cc1cccc(C(=O)N2CCC(Cn3cnc4ccccc43)CC2)c1. The zero-order chi connectivity index (χ0) is 17.9. The summed E-state index contributed by atoms with van der Waals surface area (Å²) >= 11 is 0. The number of hydrogen-bond acceptors (Lipinski definition) is 3. The normalized spacial score (nSPS) is 15.1. The first kappa shape index (κ1) is 16.3. The van der Waals surface area contributed by atoms with E-state index in [-0.39, 0.29) is 5.91 Å². The molecule has 2 heterocycles. The first-order valence-electron chi connectivity index (χ1n) is 8.94. The number of hydrogen-bond donors (Lipinski definition) is 0. The van der Waals surface area contributed by atoms with Crippen LogP contribution < -0.4 is 0 Å². The highest BCUT2D eigenvalue weighted by molar-refractivity contribution is 5.94. The van der Waals surface area contributed by atoms with Gasteiger partial charge in [0.15, 0.2) is 0 Å². The molecule has 130 valence electrons. The van der Waals surface area contributed by atoms with Gasteiger partial charge in [0, 0.05) is 25.2 Å². The quantitative estimate of drug-likeness (QED) is 0.731. The van der Waals surface area contributed by atoms with Crippen LogP contribution in [0.2, 0.25) is 0 Å². The summed E-state index contributed by atoms with van der Waals surface area (Å²) in [5.74, 6) is 0.565. The Morgan fingerprint density at radius 2 is 1.96 bits per heavy atom. The van der Waals surface area contributed by atoms with E-state index in [9.17, 15) is 4.79 Å². The van der Waals surface area contributed by atoms with Crippen molar-refractivity contribution in [3.8, 4) is 6.07 Å². The van der Waals surface area contributed by atoms with Gasteiger partial charge < -0.3 is 9.47 Å². The maximum absolute atomic E-state index is 12.7. The zero-order valence-corrected chi connectivity index (χ0v) is 14.5. The number of fused-ring (bicyclic) bond motifs is 1. The first-order valence-corrected chi connectivity index (χ1v) is 8.94. The van der Waals surface area contributed by atoms with Crippen LogP contribution in [0.5, 0.6) is 0 Å². The lowest BCUT2D eigenvalue weighted by atomic mass is 9.96. The molecule has 1 fully saturated rings. The number of para-hydroxylation sites is 2. The number of rotatable bonds is 3. The minimum atomic E-state index is 0.0219. The van der Waals surface area contributed by atoms with E-state index in [0.717, 1.165) is 38.0 Å². The fourth-order valence-electron chi connectivity index (χ4n) is 3.66. The van der Waals surface area contributed by atoms with Gasteiger partial charge in [0.05, 0.1) is 29.0 Å². The summed E-state index contributed by atoms with van der Waals surface area (Å²) in [5.41, 5.74) is 3.32. The van der Waals surface area contributed by atoms with Crippen LogP contribution in [-0.4, -0.2) is 33.4 Å². The maximum Gasteiger partial charge on any atom is 0.253 e. The molecule has 0 radical (unpaired) electrons. The Bertz CT molecular complexity index is 977. The van der Waals surface area contributed by atoms with E-state index in [1.165, 1.54) is 5.52 Å². The van der Waals surface area contributed by atoms with E-state index < -0.39 is 0 Å². The van der Waals surface area contributed by atoms with Gasteiger partial charge in [-0.3, -0.25) is 4.79 Å². The topological polar surface area (TPSA) is 61.9 Å². The van der Waals surface area contributed by atoms with Crippen LogP contribution >= 0.6 is 0 Å². The lowest BCUT2D eigenvalue weighted by Gasteiger charge is -2.32. The summed E-state index contributed by atoms with van der Waals surface area (Å²) in [6.45, 7) is 2.45. The van der Waals surface area contributed by atoms with Crippen molar-refractivity contribution in [3.63, 3.8) is 0 Å². The molecule has 0 aliphatic carbocycles. The van der Waals surface area contributed by atoms with E-state index in [0.29, 0.717) is 17.0 Å². The summed E-state index contributed by atoms with van der Waals surface area (Å²) in [5, 5.41) is 9.00. The Kier molecular flexibility index (Phi) is 4.40. The van der Waals surface area contributed by atoms with E-state index in [2.05, 4.69) is 21.7 Å². The number of amides is 1. The molecular weight excluding hydrogens is 324 g/mol. The van der Waals surface area contributed by atoms with Gasteiger partial charge in [-0.2, -0.15) is 5.26 Å². The number of nitriles is 1. The summed E-state index contributed by atoms with van der Waals surface area (Å²) in [7, 11) is 0. The smallest absolute Gasteiger partial charge is 0.253 e. The lowest BCUT2D eigenvalue weighted by molar-refractivity contribution is 0.0683. The summed E-state index contributed by atoms with van der Waals surface area (Å²) in [4.78, 5) is 19.0. The Balaban J connectivity index is 1.39. The molecule has 0 N–H and O–H groups in total. The van der Waals surface area contributed by atoms with Crippen molar-refractivity contribution in [2.75, 3.05) is 13.1 Å². The molecule has 3 aromatic rings. The van der Waals surface area contributed by atoms with Gasteiger partial charge in [0.1, 0.15) is 0 Å². The molecule has 4 rings (SSSR count). The predicted octanol–water partition coefficient (Wildman–Crippen LogP) is 3.46. The largest absolute Gasteiger partial charge is 0.339 e. The number of nitrogens with zero attached hydrogens (tertiary/aromatic N) is 4. The number of likely N-dealkylation sites (tertiary alicyclic amines) is 1. The van der Waals surface area contributed by atoms with Gasteiger partial charge in [0.2, 0.25) is 0 Å². The summed E-state index contributed by atoms with van der Waals surface area (Å²) in [6, 6.07) is 17.2. The van der Waals surface area contributed by atoms with Crippen molar-refractivity contribution >= 4 is 16.9 Å². The second-order valence-electron chi connectivity index (χ2n) is 6.81. The van der Waals surface area contributed by atoms with Crippen molar-refractivity contribution in [2.24, 2.45) is 5.92 Å². The number of carbonyl (C=O) groups excluding carboxylic acids is 1. The molecule has 1 aromatic heterocycles. The van der Waals surface area contributed by atoms with Crippen LogP contribution in [0.4, 0.5) is 0 Å². The third-order valence-electron chi connectivity index (χ3n) is 5.12. The Morgan fingerprint density at radius 1 is 1.15 bits per heavy atom. The zero-order valence-electron chi connectivity index (χ0n) is 14.5. The molecule has 5 nitrogen and oxygen atoms in total. The molecule has 0 unspecified atom stereocenters. The minimum absolute atomic E-state index is 0.0219. The average molecular weight is 344 g/mol. The highest BCUT2D eigenvalue weighted by atomic mass is 16.2. The fraction of sp³-hybridized carbons (Fsp3) is 0.286. The van der Waals surface area contributed by atoms with Crippen LogP contribution in [0.25, 0.3) is 11.0 Å². The first-order chi connectivity index (χ1) is 12.7. The van der Waals surface area contributed by atoms with Gasteiger partial charge in [-0.05, 0) is 49.1 Å². The van der Waals surface area contributed by atoms with Gasteiger partial charge in [-0.1, -0.05) is 18.2 Å². The van der Waals surface area contributed by atoms with Crippen LogP contribution in [0.3, 0.4) is 0 Å². The summed E-state index contributed by atoms with van der Waals surface area (Å²) in [6.07, 6.45) is 3.88. The van der Waals surface area contributed by atoms with Gasteiger partial charge in [-0.15, -0.1) is 0 Å². The monoisotopic (exact) mass is 344 g/mol. The number of aromatic nitrogens is 2. The third kappa shape index (κ3) is 3.18. The van der Waals surface area contributed by atoms with Gasteiger partial charge >= 0.3 is 0 Å². The van der Waals surface area contributed by atoms with Crippen molar-refractivity contribution in [1.29, 1.82) is 5.26 Å². The van der Waals surface area contributed by atoms with Crippen molar-refractivity contribution in [1.82, 2.24) is 14.5 Å². The molecule has 1 aliphatic heterocycles. The van der Waals surface area contributed by atoms with E-state index >= 15 is 0 Å². The molecule has 0 bridgehead atoms. The van der Waals surface area contributed by atoms with E-state index in [4.69, 9.17) is 5.26 Å². The molecule has 0 atom stereocenters. The van der Waals surface area contributed by atoms with Crippen molar-refractivity contribution in [2.45, 2.75) is 19.4 Å². The number of piperidine rings is 1. The minimum Gasteiger partial charge on any atom is -0.339 e. The molecule has 1 amide bonds. The van der Waals surface area contributed by atoms with Crippen LogP contribution in [0.1, 0.15) is 28.8 Å². The standard InChI is InChI=1S/C21H20N4O/c22-13-17-4-3-5-18(12-17)21(26)24-10-8-16(9-11-24)14-25-15-23-19-6-1-2-7-20(19)25/h1-7,12,15-16H,8-11,14H2. The second kappa shape index (κ2) is 7.01. The number of imidazole rings is 1.